The van der Waals surface area contributed by atoms with Crippen molar-refractivity contribution in [2.24, 2.45) is 0 Å². The van der Waals surface area contributed by atoms with Crippen LogP contribution in [0, 0.1) is 25.2 Å². The fourth-order valence-corrected chi connectivity index (χ4v) is 2.41. The molecule has 0 fully saturated rings. The highest BCUT2D eigenvalue weighted by Gasteiger charge is 2.10. The molecule has 6 heteroatoms. The molecule has 0 saturated carbocycles. The van der Waals surface area contributed by atoms with E-state index in [4.69, 9.17) is 9.78 Å². The maximum absolute atomic E-state index is 9.11. The number of nitrogens with one attached hydrogen (secondary N) is 1. The molecule has 3 aromatic rings. The normalized spacial score (nSPS) is 10.5. The van der Waals surface area contributed by atoms with Crippen LogP contribution in [-0.2, 0) is 13.1 Å². The molecule has 1 N–H and O–H groups in total. The summed E-state index contributed by atoms with van der Waals surface area (Å²) in [7, 11) is 0. The molecule has 0 aliphatic heterocycles. The number of hydrogen-bond acceptors (Lipinski definition) is 5. The minimum atomic E-state index is 0.584. The first-order valence-electron chi connectivity index (χ1n) is 7.33. The predicted molar refractivity (Wildman–Crippen MR) is 85.8 cm³/mol. The van der Waals surface area contributed by atoms with E-state index in [1.807, 2.05) is 49.0 Å². The van der Waals surface area contributed by atoms with E-state index >= 15 is 0 Å². The number of nitriles is 1. The van der Waals surface area contributed by atoms with E-state index in [9.17, 15) is 0 Å². The van der Waals surface area contributed by atoms with Gasteiger partial charge in [0.1, 0.15) is 5.76 Å². The van der Waals surface area contributed by atoms with Crippen molar-refractivity contribution in [3.63, 3.8) is 0 Å². The van der Waals surface area contributed by atoms with Crippen LogP contribution in [-0.4, -0.2) is 14.9 Å². The van der Waals surface area contributed by atoms with Gasteiger partial charge in [-0.1, -0.05) is 23.4 Å². The molecule has 6 nitrogen and oxygen atoms in total. The van der Waals surface area contributed by atoms with Gasteiger partial charge in [-0.25, -0.2) is 0 Å². The molecule has 2 aromatic heterocycles. The van der Waals surface area contributed by atoms with Gasteiger partial charge in [0, 0.05) is 18.3 Å². The van der Waals surface area contributed by atoms with Crippen LogP contribution < -0.4 is 5.32 Å². The Labute approximate surface area is 134 Å². The van der Waals surface area contributed by atoms with Crippen molar-refractivity contribution in [1.82, 2.24) is 14.9 Å². The van der Waals surface area contributed by atoms with Crippen molar-refractivity contribution in [3.05, 3.63) is 64.8 Å². The van der Waals surface area contributed by atoms with Crippen LogP contribution >= 0.6 is 0 Å². The van der Waals surface area contributed by atoms with Crippen molar-refractivity contribution < 1.29 is 4.52 Å². The van der Waals surface area contributed by atoms with E-state index in [1.54, 1.807) is 6.20 Å². The van der Waals surface area contributed by atoms with Crippen LogP contribution in [0.3, 0.4) is 0 Å². The molecule has 0 radical (unpaired) electrons. The van der Waals surface area contributed by atoms with Crippen molar-refractivity contribution in [3.8, 4) is 6.07 Å². The lowest BCUT2D eigenvalue weighted by Gasteiger charge is -2.05. The molecule has 23 heavy (non-hydrogen) atoms. The van der Waals surface area contributed by atoms with E-state index in [0.717, 1.165) is 28.3 Å². The summed E-state index contributed by atoms with van der Waals surface area (Å²) in [5, 5.41) is 20.7. The zero-order chi connectivity index (χ0) is 16.2. The number of aromatic nitrogens is 3. The lowest BCUT2D eigenvalue weighted by atomic mass is 10.1. The average Bonchev–Trinajstić information content (AvgIpc) is 3.15. The van der Waals surface area contributed by atoms with Crippen LogP contribution in [0.2, 0.25) is 0 Å². The lowest BCUT2D eigenvalue weighted by Crippen LogP contribution is -2.02. The van der Waals surface area contributed by atoms with Gasteiger partial charge in [0.05, 0.1) is 35.8 Å². The van der Waals surface area contributed by atoms with Gasteiger partial charge in [-0.3, -0.25) is 4.68 Å². The number of aryl methyl sites for hydroxylation is 2. The van der Waals surface area contributed by atoms with Crippen molar-refractivity contribution in [2.75, 3.05) is 5.32 Å². The fraction of sp³-hybridized carbons (Fsp3) is 0.235. The molecule has 0 spiro atoms. The summed E-state index contributed by atoms with van der Waals surface area (Å²) in [5.41, 5.74) is 4.49. The molecular formula is C17H17N5O. The van der Waals surface area contributed by atoms with Crippen LogP contribution in [0.5, 0.6) is 0 Å². The Kier molecular flexibility index (Phi) is 4.11. The van der Waals surface area contributed by atoms with Gasteiger partial charge < -0.3 is 9.84 Å². The first-order chi connectivity index (χ1) is 11.2. The van der Waals surface area contributed by atoms with E-state index in [0.29, 0.717) is 18.7 Å². The predicted octanol–water partition coefficient (Wildman–Crippen LogP) is 3.02. The molecule has 1 aromatic carbocycles. The molecule has 0 aliphatic rings. The summed E-state index contributed by atoms with van der Waals surface area (Å²) in [6, 6.07) is 9.76. The Morgan fingerprint density at radius 1 is 1.30 bits per heavy atom. The third kappa shape index (κ3) is 3.24. The molecular weight excluding hydrogens is 290 g/mol. The van der Waals surface area contributed by atoms with E-state index in [1.165, 1.54) is 0 Å². The topological polar surface area (TPSA) is 79.7 Å². The van der Waals surface area contributed by atoms with E-state index in [-0.39, 0.29) is 0 Å². The number of nitrogens with zero attached hydrogens (tertiary/aromatic N) is 4. The van der Waals surface area contributed by atoms with Crippen molar-refractivity contribution in [1.29, 1.82) is 5.26 Å². The molecule has 0 aliphatic carbocycles. The first-order valence-corrected chi connectivity index (χ1v) is 7.33. The summed E-state index contributed by atoms with van der Waals surface area (Å²) in [6.45, 7) is 5.03. The molecule has 0 unspecified atom stereocenters. The standard InChI is InChI=1S/C17H17N5O/c1-12-17(13(2)23-21-12)11-22-10-16(9-20-22)19-8-15-6-4-3-5-14(15)7-18/h3-6,9-10,19H,8,11H2,1-2H3. The second kappa shape index (κ2) is 6.36. The molecule has 2 heterocycles. The number of benzene rings is 1. The summed E-state index contributed by atoms with van der Waals surface area (Å²) < 4.78 is 7.01. The second-order valence-corrected chi connectivity index (χ2v) is 5.35. The van der Waals surface area contributed by atoms with Gasteiger partial charge in [-0.05, 0) is 25.5 Å². The highest BCUT2D eigenvalue weighted by molar-refractivity contribution is 5.43. The van der Waals surface area contributed by atoms with Gasteiger partial charge in [0.25, 0.3) is 0 Å². The number of hydrogen-bond donors (Lipinski definition) is 1. The van der Waals surface area contributed by atoms with Crippen LogP contribution in [0.15, 0.2) is 41.2 Å². The van der Waals surface area contributed by atoms with Crippen molar-refractivity contribution >= 4 is 5.69 Å². The minimum absolute atomic E-state index is 0.584. The summed E-state index contributed by atoms with van der Waals surface area (Å²) in [4.78, 5) is 0. The second-order valence-electron chi connectivity index (χ2n) is 5.35. The molecule has 116 valence electrons. The first kappa shape index (κ1) is 14.9. The van der Waals surface area contributed by atoms with Gasteiger partial charge in [-0.15, -0.1) is 0 Å². The van der Waals surface area contributed by atoms with Gasteiger partial charge in [-0.2, -0.15) is 10.4 Å². The Bertz CT molecular complexity index is 836. The van der Waals surface area contributed by atoms with Crippen LogP contribution in [0.25, 0.3) is 0 Å². The molecule has 0 saturated heterocycles. The lowest BCUT2D eigenvalue weighted by molar-refractivity contribution is 0.391. The quantitative estimate of drug-likeness (QED) is 0.783. The molecule has 0 amide bonds. The third-order valence-electron chi connectivity index (χ3n) is 3.76. The average molecular weight is 307 g/mol. The van der Waals surface area contributed by atoms with Crippen LogP contribution in [0.4, 0.5) is 5.69 Å². The summed E-state index contributed by atoms with van der Waals surface area (Å²) >= 11 is 0. The maximum atomic E-state index is 9.11. The molecule has 0 bridgehead atoms. The smallest absolute Gasteiger partial charge is 0.138 e. The fourth-order valence-electron chi connectivity index (χ4n) is 2.41. The van der Waals surface area contributed by atoms with Gasteiger partial charge in [0.2, 0.25) is 0 Å². The molecule has 0 atom stereocenters. The summed E-state index contributed by atoms with van der Waals surface area (Å²) in [6.07, 6.45) is 3.70. The largest absolute Gasteiger partial charge is 0.378 e. The Hall–Kier alpha value is -3.07. The highest BCUT2D eigenvalue weighted by atomic mass is 16.5. The number of anilines is 1. The highest BCUT2D eigenvalue weighted by Crippen LogP contribution is 2.16. The van der Waals surface area contributed by atoms with Crippen molar-refractivity contribution in [2.45, 2.75) is 26.9 Å². The van der Waals surface area contributed by atoms with Gasteiger partial charge in [0.15, 0.2) is 0 Å². The Morgan fingerprint density at radius 3 is 2.87 bits per heavy atom. The van der Waals surface area contributed by atoms with E-state index in [2.05, 4.69) is 21.6 Å². The Balaban J connectivity index is 1.67. The number of rotatable bonds is 5. The third-order valence-corrected chi connectivity index (χ3v) is 3.76. The zero-order valence-electron chi connectivity index (χ0n) is 13.1. The zero-order valence-corrected chi connectivity index (χ0v) is 13.1. The summed E-state index contributed by atoms with van der Waals surface area (Å²) in [5.74, 6) is 0.815. The maximum Gasteiger partial charge on any atom is 0.138 e. The van der Waals surface area contributed by atoms with E-state index < -0.39 is 0 Å². The monoisotopic (exact) mass is 307 g/mol. The Morgan fingerprint density at radius 2 is 2.13 bits per heavy atom. The van der Waals surface area contributed by atoms with Gasteiger partial charge >= 0.3 is 0 Å². The SMILES string of the molecule is Cc1noc(C)c1Cn1cc(NCc2ccccc2C#N)cn1. The minimum Gasteiger partial charge on any atom is -0.378 e. The molecule has 3 rings (SSSR count). The van der Waals surface area contributed by atoms with Crippen LogP contribution in [0.1, 0.15) is 28.1 Å².